The summed E-state index contributed by atoms with van der Waals surface area (Å²) in [4.78, 5) is 12.8. The van der Waals surface area contributed by atoms with Crippen LogP contribution in [-0.4, -0.2) is 5.97 Å². The summed E-state index contributed by atoms with van der Waals surface area (Å²) >= 11 is 0. The van der Waals surface area contributed by atoms with E-state index < -0.39 is 5.60 Å². The Morgan fingerprint density at radius 2 is 1.70 bits per heavy atom. The van der Waals surface area contributed by atoms with Gasteiger partial charge < -0.3 is 4.74 Å². The van der Waals surface area contributed by atoms with Crippen LogP contribution in [0.4, 0.5) is 4.39 Å². The number of benzene rings is 2. The molecular formula is C24H29FO2. The Morgan fingerprint density at radius 3 is 2.33 bits per heavy atom. The molecule has 0 radical (unpaired) electrons. The van der Waals surface area contributed by atoms with Crippen LogP contribution in [0.2, 0.25) is 0 Å². The summed E-state index contributed by atoms with van der Waals surface area (Å²) < 4.78 is 19.5. The second kappa shape index (κ2) is 9.16. The molecule has 3 heteroatoms. The lowest BCUT2D eigenvalue weighted by Gasteiger charge is -2.40. The third-order valence-corrected chi connectivity index (χ3v) is 5.80. The van der Waals surface area contributed by atoms with Gasteiger partial charge in [-0.3, -0.25) is 0 Å². The van der Waals surface area contributed by atoms with Crippen molar-refractivity contribution in [2.45, 2.75) is 63.9 Å². The lowest BCUT2D eigenvalue weighted by Crippen LogP contribution is -2.37. The summed E-state index contributed by atoms with van der Waals surface area (Å²) in [6.45, 7) is 2.23. The molecule has 3 rings (SSSR count). The van der Waals surface area contributed by atoms with Gasteiger partial charge in [0.2, 0.25) is 0 Å². The number of rotatable bonds is 7. The monoisotopic (exact) mass is 368 g/mol. The minimum Gasteiger partial charge on any atom is -0.451 e. The van der Waals surface area contributed by atoms with E-state index in [1.807, 2.05) is 18.2 Å². The highest BCUT2D eigenvalue weighted by Gasteiger charge is 2.40. The first kappa shape index (κ1) is 19.6. The molecule has 0 heterocycles. The van der Waals surface area contributed by atoms with Gasteiger partial charge in [-0.05, 0) is 61.4 Å². The molecule has 1 aliphatic carbocycles. The molecule has 2 aromatic carbocycles. The highest BCUT2D eigenvalue weighted by molar-refractivity contribution is 5.89. The third kappa shape index (κ3) is 4.97. The minimum atomic E-state index is -0.651. The summed E-state index contributed by atoms with van der Waals surface area (Å²) in [6, 6.07) is 15.6. The second-order valence-electron chi connectivity index (χ2n) is 7.70. The maximum atomic E-state index is 13.4. The first-order chi connectivity index (χ1) is 13.1. The number of ether oxygens (including phenoxy) is 1. The van der Waals surface area contributed by atoms with Crippen LogP contribution in [0.3, 0.4) is 0 Å². The van der Waals surface area contributed by atoms with Gasteiger partial charge in [0.25, 0.3) is 0 Å². The Balaban J connectivity index is 1.76. The van der Waals surface area contributed by atoms with Gasteiger partial charge in [0.05, 0.1) is 5.56 Å². The van der Waals surface area contributed by atoms with Crippen LogP contribution in [0.15, 0.2) is 54.6 Å². The number of carbonyl (C=O) groups is 1. The largest absolute Gasteiger partial charge is 0.451 e. The number of hydrogen-bond acceptors (Lipinski definition) is 2. The fraction of sp³-hybridized carbons (Fsp3) is 0.458. The van der Waals surface area contributed by atoms with E-state index >= 15 is 0 Å². The Bertz CT molecular complexity index is 716. The summed E-state index contributed by atoms with van der Waals surface area (Å²) in [5.41, 5.74) is 0.811. The summed E-state index contributed by atoms with van der Waals surface area (Å²) in [7, 11) is 0. The van der Waals surface area contributed by atoms with E-state index in [0.29, 0.717) is 11.5 Å². The van der Waals surface area contributed by atoms with Crippen LogP contribution >= 0.6 is 0 Å². The Kier molecular flexibility index (Phi) is 6.65. The molecule has 0 N–H and O–H groups in total. The van der Waals surface area contributed by atoms with E-state index in [1.54, 1.807) is 24.3 Å². The molecule has 27 heavy (non-hydrogen) atoms. The predicted molar refractivity (Wildman–Crippen MR) is 106 cm³/mol. The van der Waals surface area contributed by atoms with Gasteiger partial charge in [-0.1, -0.05) is 62.9 Å². The first-order valence-electron chi connectivity index (χ1n) is 10.2. The SMILES string of the molecule is CCCCCC1CCC(OC(=O)c2ccccc2)(c2ccc(F)cc2)CC1. The molecular weight excluding hydrogens is 339 g/mol. The van der Waals surface area contributed by atoms with E-state index in [2.05, 4.69) is 6.92 Å². The molecule has 1 fully saturated rings. The zero-order valence-corrected chi connectivity index (χ0v) is 16.1. The fourth-order valence-electron chi connectivity index (χ4n) is 4.13. The van der Waals surface area contributed by atoms with E-state index in [1.165, 1.54) is 37.8 Å². The van der Waals surface area contributed by atoms with Gasteiger partial charge in [-0.25, -0.2) is 9.18 Å². The molecule has 0 spiro atoms. The highest BCUT2D eigenvalue weighted by atomic mass is 19.1. The Labute approximate surface area is 161 Å². The zero-order chi connectivity index (χ0) is 19.1. The molecule has 1 saturated carbocycles. The quantitative estimate of drug-likeness (QED) is 0.404. The number of esters is 1. The van der Waals surface area contributed by atoms with E-state index in [-0.39, 0.29) is 11.8 Å². The van der Waals surface area contributed by atoms with Crippen LogP contribution in [0, 0.1) is 11.7 Å². The van der Waals surface area contributed by atoms with Crippen molar-refractivity contribution < 1.29 is 13.9 Å². The number of halogens is 1. The average Bonchev–Trinajstić information content (AvgIpc) is 2.71. The van der Waals surface area contributed by atoms with Gasteiger partial charge in [-0.2, -0.15) is 0 Å². The maximum Gasteiger partial charge on any atom is 0.339 e. The van der Waals surface area contributed by atoms with Crippen molar-refractivity contribution in [3.63, 3.8) is 0 Å². The van der Waals surface area contributed by atoms with Crippen molar-refractivity contribution in [1.82, 2.24) is 0 Å². The van der Waals surface area contributed by atoms with Crippen LogP contribution in [0.25, 0.3) is 0 Å². The van der Waals surface area contributed by atoms with Crippen molar-refractivity contribution in [2.24, 2.45) is 5.92 Å². The van der Waals surface area contributed by atoms with Gasteiger partial charge >= 0.3 is 5.97 Å². The summed E-state index contributed by atoms with van der Waals surface area (Å²) in [6.07, 6.45) is 8.73. The lowest BCUT2D eigenvalue weighted by molar-refractivity contribution is -0.0499. The summed E-state index contributed by atoms with van der Waals surface area (Å²) in [5, 5.41) is 0. The molecule has 0 amide bonds. The van der Waals surface area contributed by atoms with Gasteiger partial charge in [0, 0.05) is 0 Å². The summed E-state index contributed by atoms with van der Waals surface area (Å²) in [5.74, 6) is 0.126. The Morgan fingerprint density at radius 1 is 1.04 bits per heavy atom. The Hall–Kier alpha value is -2.16. The first-order valence-corrected chi connectivity index (χ1v) is 10.2. The predicted octanol–water partition coefficient (Wildman–Crippen LogP) is 6.65. The maximum absolute atomic E-state index is 13.4. The lowest BCUT2D eigenvalue weighted by atomic mass is 9.73. The number of unbranched alkanes of at least 4 members (excludes halogenated alkanes) is 2. The van der Waals surface area contributed by atoms with E-state index in [9.17, 15) is 9.18 Å². The minimum absolute atomic E-state index is 0.267. The van der Waals surface area contributed by atoms with Crippen LogP contribution in [0.1, 0.15) is 74.2 Å². The van der Waals surface area contributed by atoms with Gasteiger partial charge in [0.15, 0.2) is 0 Å². The van der Waals surface area contributed by atoms with Gasteiger partial charge in [-0.15, -0.1) is 0 Å². The van der Waals surface area contributed by atoms with Crippen LogP contribution in [0.5, 0.6) is 0 Å². The molecule has 0 bridgehead atoms. The van der Waals surface area contributed by atoms with Gasteiger partial charge in [0.1, 0.15) is 11.4 Å². The van der Waals surface area contributed by atoms with Crippen LogP contribution in [-0.2, 0) is 10.3 Å². The van der Waals surface area contributed by atoms with Crippen molar-refractivity contribution in [3.8, 4) is 0 Å². The molecule has 0 unspecified atom stereocenters. The topological polar surface area (TPSA) is 26.3 Å². The molecule has 1 aliphatic rings. The highest BCUT2D eigenvalue weighted by Crippen LogP contribution is 2.44. The van der Waals surface area contributed by atoms with Crippen molar-refractivity contribution in [3.05, 3.63) is 71.5 Å². The average molecular weight is 368 g/mol. The molecule has 0 aromatic heterocycles. The number of carbonyl (C=O) groups excluding carboxylic acids is 1. The van der Waals surface area contributed by atoms with Crippen molar-refractivity contribution in [1.29, 1.82) is 0 Å². The molecule has 0 aliphatic heterocycles. The molecule has 144 valence electrons. The normalized spacial score (nSPS) is 22.4. The van der Waals surface area contributed by atoms with Crippen LogP contribution < -0.4 is 0 Å². The second-order valence-corrected chi connectivity index (χ2v) is 7.70. The van der Waals surface area contributed by atoms with E-state index in [0.717, 1.165) is 31.2 Å². The smallest absolute Gasteiger partial charge is 0.339 e. The molecule has 0 atom stereocenters. The van der Waals surface area contributed by atoms with Crippen molar-refractivity contribution in [2.75, 3.05) is 0 Å². The molecule has 2 nitrogen and oxygen atoms in total. The molecule has 0 saturated heterocycles. The fourth-order valence-corrected chi connectivity index (χ4v) is 4.13. The van der Waals surface area contributed by atoms with E-state index in [4.69, 9.17) is 4.74 Å². The van der Waals surface area contributed by atoms with Crippen molar-refractivity contribution >= 4 is 5.97 Å². The number of hydrogen-bond donors (Lipinski definition) is 0. The molecule has 2 aromatic rings. The zero-order valence-electron chi connectivity index (χ0n) is 16.1. The third-order valence-electron chi connectivity index (χ3n) is 5.80. The standard InChI is InChI=1S/C24H29FO2/c1-2-3-5-8-19-15-17-24(18-16-19,21-11-13-22(25)14-12-21)27-23(26)20-9-6-4-7-10-20/h4,6-7,9-14,19H,2-3,5,8,15-18H2,1H3.